The molecule has 0 saturated carbocycles. The maximum atomic E-state index is 5.43. The molecule has 1 aliphatic rings. The van der Waals surface area contributed by atoms with Crippen LogP contribution in [0.25, 0.3) is 0 Å². The Balaban J connectivity index is 0.00000364. The molecule has 6 heteroatoms. The van der Waals surface area contributed by atoms with E-state index in [1.54, 1.807) is 0 Å². The SMILES string of the molecule is CCCCCC(C)NC(=NC)NCc1cccc(CN2CCOCC2)c1.I. The van der Waals surface area contributed by atoms with Crippen LogP contribution in [0, 0.1) is 0 Å². The van der Waals surface area contributed by atoms with Crippen LogP contribution in [0.1, 0.15) is 50.7 Å². The van der Waals surface area contributed by atoms with E-state index in [2.05, 4.69) is 58.6 Å². The van der Waals surface area contributed by atoms with Crippen molar-refractivity contribution in [3.63, 3.8) is 0 Å². The van der Waals surface area contributed by atoms with E-state index in [0.717, 1.165) is 45.4 Å². The molecule has 1 heterocycles. The van der Waals surface area contributed by atoms with Crippen LogP contribution in [0.4, 0.5) is 0 Å². The summed E-state index contributed by atoms with van der Waals surface area (Å²) in [6, 6.07) is 9.27. The Kier molecular flexibility index (Phi) is 12.7. The van der Waals surface area contributed by atoms with Crippen molar-refractivity contribution in [2.75, 3.05) is 33.4 Å². The summed E-state index contributed by atoms with van der Waals surface area (Å²) < 4.78 is 5.43. The minimum absolute atomic E-state index is 0. The highest BCUT2D eigenvalue weighted by Gasteiger charge is 2.11. The van der Waals surface area contributed by atoms with Gasteiger partial charge in [0.1, 0.15) is 0 Å². The first-order valence-electron chi connectivity index (χ1n) is 10.1. The highest BCUT2D eigenvalue weighted by Crippen LogP contribution is 2.10. The second-order valence-corrected chi connectivity index (χ2v) is 7.18. The molecule has 0 aliphatic carbocycles. The van der Waals surface area contributed by atoms with Crippen molar-refractivity contribution < 1.29 is 4.74 Å². The average Bonchev–Trinajstić information content (AvgIpc) is 2.66. The van der Waals surface area contributed by atoms with E-state index in [1.807, 2.05) is 7.05 Å². The predicted octanol–water partition coefficient (Wildman–Crippen LogP) is 3.77. The summed E-state index contributed by atoms with van der Waals surface area (Å²) in [4.78, 5) is 6.81. The van der Waals surface area contributed by atoms with Gasteiger partial charge in [-0.25, -0.2) is 0 Å². The van der Waals surface area contributed by atoms with Crippen molar-refractivity contribution in [3.8, 4) is 0 Å². The molecule has 1 fully saturated rings. The number of morpholine rings is 1. The molecule has 27 heavy (non-hydrogen) atoms. The van der Waals surface area contributed by atoms with Gasteiger partial charge in [0.2, 0.25) is 0 Å². The zero-order chi connectivity index (χ0) is 18.6. The molecule has 0 aromatic heterocycles. The van der Waals surface area contributed by atoms with Gasteiger partial charge in [0.15, 0.2) is 5.96 Å². The van der Waals surface area contributed by atoms with Crippen molar-refractivity contribution in [2.45, 2.75) is 58.7 Å². The van der Waals surface area contributed by atoms with Crippen LogP contribution in [-0.4, -0.2) is 50.3 Å². The Morgan fingerprint density at radius 2 is 1.96 bits per heavy atom. The second-order valence-electron chi connectivity index (χ2n) is 7.18. The van der Waals surface area contributed by atoms with Gasteiger partial charge >= 0.3 is 0 Å². The number of unbranched alkanes of at least 4 members (excludes halogenated alkanes) is 2. The van der Waals surface area contributed by atoms with Crippen LogP contribution in [0.5, 0.6) is 0 Å². The van der Waals surface area contributed by atoms with Gasteiger partial charge in [-0.2, -0.15) is 0 Å². The van der Waals surface area contributed by atoms with Gasteiger partial charge in [0.25, 0.3) is 0 Å². The molecule has 1 unspecified atom stereocenters. The molecular formula is C21H37IN4O. The quantitative estimate of drug-likeness (QED) is 0.241. The van der Waals surface area contributed by atoms with E-state index < -0.39 is 0 Å². The third-order valence-corrected chi connectivity index (χ3v) is 4.81. The first-order chi connectivity index (χ1) is 12.7. The molecule has 0 spiro atoms. The fourth-order valence-corrected chi connectivity index (χ4v) is 3.24. The monoisotopic (exact) mass is 488 g/mol. The molecule has 0 radical (unpaired) electrons. The molecule has 0 bridgehead atoms. The third-order valence-electron chi connectivity index (χ3n) is 4.81. The van der Waals surface area contributed by atoms with Crippen LogP contribution >= 0.6 is 24.0 Å². The number of rotatable bonds is 9. The first kappa shape index (κ1) is 24.2. The molecular weight excluding hydrogens is 451 g/mol. The Bertz CT molecular complexity index is 547. The number of nitrogens with one attached hydrogen (secondary N) is 2. The molecule has 1 atom stereocenters. The fraction of sp³-hybridized carbons (Fsp3) is 0.667. The summed E-state index contributed by atoms with van der Waals surface area (Å²) >= 11 is 0. The molecule has 5 nitrogen and oxygen atoms in total. The van der Waals surface area contributed by atoms with E-state index in [4.69, 9.17) is 4.74 Å². The minimum Gasteiger partial charge on any atom is -0.379 e. The molecule has 2 rings (SSSR count). The zero-order valence-corrected chi connectivity index (χ0v) is 19.5. The van der Waals surface area contributed by atoms with Crippen molar-refractivity contribution in [3.05, 3.63) is 35.4 Å². The smallest absolute Gasteiger partial charge is 0.191 e. The number of aliphatic imine (C=N–C) groups is 1. The predicted molar refractivity (Wildman–Crippen MR) is 125 cm³/mol. The molecule has 1 saturated heterocycles. The number of ether oxygens (including phenoxy) is 1. The molecule has 154 valence electrons. The number of hydrogen-bond donors (Lipinski definition) is 2. The summed E-state index contributed by atoms with van der Waals surface area (Å²) in [5, 5.41) is 6.94. The van der Waals surface area contributed by atoms with Crippen LogP contribution in [0.15, 0.2) is 29.3 Å². The fourth-order valence-electron chi connectivity index (χ4n) is 3.24. The van der Waals surface area contributed by atoms with Gasteiger partial charge in [-0.15, -0.1) is 24.0 Å². The lowest BCUT2D eigenvalue weighted by Crippen LogP contribution is -2.41. The van der Waals surface area contributed by atoms with E-state index >= 15 is 0 Å². The zero-order valence-electron chi connectivity index (χ0n) is 17.2. The maximum absolute atomic E-state index is 5.43. The van der Waals surface area contributed by atoms with Crippen molar-refractivity contribution in [1.29, 1.82) is 0 Å². The number of nitrogens with zero attached hydrogens (tertiary/aromatic N) is 2. The lowest BCUT2D eigenvalue weighted by atomic mass is 10.1. The van der Waals surface area contributed by atoms with Gasteiger partial charge in [-0.05, 0) is 24.5 Å². The lowest BCUT2D eigenvalue weighted by molar-refractivity contribution is 0.0342. The number of guanidine groups is 1. The van der Waals surface area contributed by atoms with Gasteiger partial charge in [0.05, 0.1) is 13.2 Å². The number of hydrogen-bond acceptors (Lipinski definition) is 3. The van der Waals surface area contributed by atoms with E-state index in [-0.39, 0.29) is 24.0 Å². The average molecular weight is 488 g/mol. The molecule has 1 aromatic rings. The van der Waals surface area contributed by atoms with E-state index in [0.29, 0.717) is 6.04 Å². The van der Waals surface area contributed by atoms with Crippen molar-refractivity contribution >= 4 is 29.9 Å². The summed E-state index contributed by atoms with van der Waals surface area (Å²) in [5.41, 5.74) is 2.65. The van der Waals surface area contributed by atoms with Crippen LogP contribution < -0.4 is 10.6 Å². The number of halogens is 1. The van der Waals surface area contributed by atoms with Crippen molar-refractivity contribution in [1.82, 2.24) is 15.5 Å². The van der Waals surface area contributed by atoms with Gasteiger partial charge < -0.3 is 15.4 Å². The Morgan fingerprint density at radius 3 is 2.67 bits per heavy atom. The maximum Gasteiger partial charge on any atom is 0.191 e. The Morgan fingerprint density at radius 1 is 1.22 bits per heavy atom. The normalized spacial score (nSPS) is 16.5. The van der Waals surface area contributed by atoms with Crippen molar-refractivity contribution in [2.24, 2.45) is 4.99 Å². The van der Waals surface area contributed by atoms with Gasteiger partial charge in [-0.3, -0.25) is 9.89 Å². The Hall–Kier alpha value is -0.860. The summed E-state index contributed by atoms with van der Waals surface area (Å²) in [7, 11) is 1.84. The largest absolute Gasteiger partial charge is 0.379 e. The highest BCUT2D eigenvalue weighted by atomic mass is 127. The van der Waals surface area contributed by atoms with Crippen LogP contribution in [0.3, 0.4) is 0 Å². The van der Waals surface area contributed by atoms with E-state index in [1.165, 1.54) is 36.8 Å². The topological polar surface area (TPSA) is 48.9 Å². The highest BCUT2D eigenvalue weighted by molar-refractivity contribution is 14.0. The van der Waals surface area contributed by atoms with Crippen LogP contribution in [0.2, 0.25) is 0 Å². The second kappa shape index (κ2) is 14.2. The van der Waals surface area contributed by atoms with E-state index in [9.17, 15) is 0 Å². The molecule has 0 amide bonds. The number of benzene rings is 1. The third kappa shape index (κ3) is 9.76. The van der Waals surface area contributed by atoms with Gasteiger partial charge in [-0.1, -0.05) is 50.5 Å². The molecule has 1 aliphatic heterocycles. The Labute approximate surface area is 182 Å². The minimum atomic E-state index is 0. The lowest BCUT2D eigenvalue weighted by Gasteiger charge is -2.26. The summed E-state index contributed by atoms with van der Waals surface area (Å²) in [6.45, 7) is 10.00. The summed E-state index contributed by atoms with van der Waals surface area (Å²) in [5.74, 6) is 0.882. The standard InChI is InChI=1S/C21H36N4O.HI/c1-4-5-6-8-18(2)24-21(22-3)23-16-19-9-7-10-20(15-19)17-25-11-13-26-14-12-25;/h7,9-10,15,18H,4-6,8,11-14,16-17H2,1-3H3,(H2,22,23,24);1H. The molecule has 2 N–H and O–H groups in total. The first-order valence-corrected chi connectivity index (χ1v) is 10.1. The van der Waals surface area contributed by atoms with Crippen LogP contribution in [-0.2, 0) is 17.8 Å². The van der Waals surface area contributed by atoms with Gasteiger partial charge in [0, 0.05) is 39.3 Å². The summed E-state index contributed by atoms with van der Waals surface area (Å²) in [6.07, 6.45) is 5.02. The molecule has 1 aromatic carbocycles.